The molecule has 0 aromatic rings. The van der Waals surface area contributed by atoms with Gasteiger partial charge >= 0.3 is 7.82 Å². The van der Waals surface area contributed by atoms with Gasteiger partial charge in [-0.15, -0.1) is 0 Å². The Morgan fingerprint density at radius 1 is 0.477 bits per heavy atom. The van der Waals surface area contributed by atoms with Gasteiger partial charge in [-0.2, -0.15) is 0 Å². The average Bonchev–Trinajstić information content (AvgIpc) is 3.29. The summed E-state index contributed by atoms with van der Waals surface area (Å²) >= 11 is 0. The molecule has 1 saturated carbocycles. The fourth-order valence-corrected chi connectivity index (χ4v) is 9.86. The zero-order valence-electron chi connectivity index (χ0n) is 41.0. The first-order valence-electron chi connectivity index (χ1n) is 26.7. The zero-order chi connectivity index (χ0) is 48.1. The summed E-state index contributed by atoms with van der Waals surface area (Å²) < 4.78 is 22.9. The Bertz CT molecular complexity index is 1140. The summed E-state index contributed by atoms with van der Waals surface area (Å²) in [5.74, 6) is -0.855. The first-order valence-corrected chi connectivity index (χ1v) is 28.2. The first kappa shape index (κ1) is 62.3. The summed E-state index contributed by atoms with van der Waals surface area (Å²) in [5.41, 5.74) is 0. The Morgan fingerprint density at radius 3 is 1.11 bits per heavy atom. The number of hydrogen-bond donors (Lipinski definition) is 10. The molecule has 1 aliphatic carbocycles. The molecule has 1 rings (SSSR count). The molecule has 5 unspecified atom stereocenters. The van der Waals surface area contributed by atoms with Gasteiger partial charge in [0.05, 0.1) is 18.8 Å². The van der Waals surface area contributed by atoms with Gasteiger partial charge in [-0.25, -0.2) is 4.57 Å². The highest BCUT2D eigenvalue weighted by Gasteiger charge is 2.51. The van der Waals surface area contributed by atoms with Crippen molar-refractivity contribution in [1.29, 1.82) is 0 Å². The molecular weight excluding hydrogens is 854 g/mol. The topological polar surface area (TPSA) is 247 Å². The highest BCUT2D eigenvalue weighted by Crippen LogP contribution is 2.47. The van der Waals surface area contributed by atoms with Gasteiger partial charge in [0.2, 0.25) is 5.91 Å². The van der Waals surface area contributed by atoms with Crippen LogP contribution in [0.3, 0.4) is 0 Å². The minimum absolute atomic E-state index is 0.158. The van der Waals surface area contributed by atoms with E-state index in [0.717, 1.165) is 51.4 Å². The van der Waals surface area contributed by atoms with Crippen molar-refractivity contribution >= 4 is 13.7 Å². The largest absolute Gasteiger partial charge is 0.472 e. The van der Waals surface area contributed by atoms with Crippen molar-refractivity contribution in [3.05, 3.63) is 0 Å². The highest BCUT2D eigenvalue weighted by atomic mass is 31.2. The lowest BCUT2D eigenvalue weighted by Crippen LogP contribution is -2.64. The van der Waals surface area contributed by atoms with Crippen LogP contribution < -0.4 is 5.32 Å². The number of carbonyl (C=O) groups excluding carboxylic acids is 1. The van der Waals surface area contributed by atoms with Gasteiger partial charge in [0, 0.05) is 0 Å². The third-order valence-corrected chi connectivity index (χ3v) is 14.4. The fraction of sp³-hybridized carbons (Fsp3) is 0.980. The third-order valence-electron chi connectivity index (χ3n) is 13.4. The average molecular weight is 954 g/mol. The molecule has 0 heterocycles. The van der Waals surface area contributed by atoms with E-state index in [0.29, 0.717) is 12.8 Å². The molecule has 1 fully saturated rings. The Kier molecular flexibility index (Phi) is 38.4. The van der Waals surface area contributed by atoms with Crippen LogP contribution in [0.25, 0.3) is 0 Å². The van der Waals surface area contributed by atoms with Crippen molar-refractivity contribution in [2.75, 3.05) is 6.61 Å². The summed E-state index contributed by atoms with van der Waals surface area (Å²) in [6.07, 6.45) is 24.6. The van der Waals surface area contributed by atoms with E-state index in [4.69, 9.17) is 9.05 Å². The van der Waals surface area contributed by atoms with Gasteiger partial charge in [0.15, 0.2) is 0 Å². The number of unbranched alkanes of at least 4 members (excludes halogenated alkanes) is 32. The van der Waals surface area contributed by atoms with Crippen molar-refractivity contribution < 1.29 is 64.2 Å². The number of phosphoric acid groups is 1. The minimum atomic E-state index is -5.23. The van der Waals surface area contributed by atoms with Crippen molar-refractivity contribution in [2.24, 2.45) is 0 Å². The molecule has 0 aromatic heterocycles. The number of amides is 1. The van der Waals surface area contributed by atoms with Crippen molar-refractivity contribution in [1.82, 2.24) is 5.32 Å². The van der Waals surface area contributed by atoms with Crippen molar-refractivity contribution in [2.45, 2.75) is 306 Å². The van der Waals surface area contributed by atoms with Gasteiger partial charge in [0.1, 0.15) is 48.8 Å². The van der Waals surface area contributed by atoms with Crippen LogP contribution in [0.2, 0.25) is 0 Å². The molecule has 0 aliphatic heterocycles. The summed E-state index contributed by atoms with van der Waals surface area (Å²) in [6, 6.07) is -1.48. The standard InChI is InChI=1S/C50H100NO13P/c1-3-5-7-9-11-13-15-17-19-20-21-22-23-24-26-28-30-32-34-36-38-42(53)50(60)51-40(39-63-65(61,62)64-49-47(58)45(56)44(55)46(57)48(49)59)43(54)41(52)37-35-33-31-29-27-25-18-16-14-12-10-8-6-4-2/h40-49,52-59H,3-39H2,1-2H3,(H,51,60)(H,61,62)/t40-,41?,42?,43-,44?,45-,46+,47+,48+,49?/m0/s1. The smallest absolute Gasteiger partial charge is 0.390 e. The maximum atomic E-state index is 13.1. The Morgan fingerprint density at radius 2 is 0.769 bits per heavy atom. The zero-order valence-corrected chi connectivity index (χ0v) is 41.9. The number of aliphatic hydroxyl groups excluding tert-OH is 8. The van der Waals surface area contributed by atoms with E-state index in [1.54, 1.807) is 0 Å². The first-order chi connectivity index (χ1) is 31.3. The molecule has 0 bridgehead atoms. The van der Waals surface area contributed by atoms with Crippen LogP contribution in [0.1, 0.15) is 245 Å². The van der Waals surface area contributed by atoms with Crippen LogP contribution >= 0.6 is 7.82 Å². The van der Waals surface area contributed by atoms with E-state index in [1.165, 1.54) is 154 Å². The Hall–Kier alpha value is -0.740. The number of nitrogens with one attached hydrogen (secondary N) is 1. The molecule has 65 heavy (non-hydrogen) atoms. The summed E-state index contributed by atoms with van der Waals surface area (Å²) in [7, 11) is -5.23. The van der Waals surface area contributed by atoms with Gasteiger partial charge in [-0.1, -0.05) is 232 Å². The van der Waals surface area contributed by atoms with Crippen LogP contribution in [-0.4, -0.2) is 119 Å². The molecule has 388 valence electrons. The van der Waals surface area contributed by atoms with Crippen LogP contribution in [-0.2, 0) is 18.4 Å². The minimum Gasteiger partial charge on any atom is -0.390 e. The maximum absolute atomic E-state index is 13.1. The predicted molar refractivity (Wildman–Crippen MR) is 258 cm³/mol. The van der Waals surface area contributed by atoms with Crippen LogP contribution in [0.4, 0.5) is 0 Å². The van der Waals surface area contributed by atoms with Crippen molar-refractivity contribution in [3.63, 3.8) is 0 Å². The molecule has 0 aromatic carbocycles. The molecule has 0 saturated heterocycles. The Labute approximate surface area is 394 Å². The van der Waals surface area contributed by atoms with E-state index in [1.807, 2.05) is 0 Å². The van der Waals surface area contributed by atoms with E-state index >= 15 is 0 Å². The van der Waals surface area contributed by atoms with E-state index in [-0.39, 0.29) is 12.8 Å². The molecule has 1 aliphatic rings. The maximum Gasteiger partial charge on any atom is 0.472 e. The number of hydrogen-bond acceptors (Lipinski definition) is 12. The van der Waals surface area contributed by atoms with E-state index < -0.39 is 81.3 Å². The second-order valence-corrected chi connectivity index (χ2v) is 20.8. The lowest BCUT2D eigenvalue weighted by atomic mass is 9.85. The quantitative estimate of drug-likeness (QED) is 0.0203. The molecule has 0 spiro atoms. The molecule has 10 N–H and O–H groups in total. The predicted octanol–water partition coefficient (Wildman–Crippen LogP) is 8.96. The molecule has 14 nitrogen and oxygen atoms in total. The van der Waals surface area contributed by atoms with E-state index in [9.17, 15) is 55.1 Å². The summed E-state index contributed by atoms with van der Waals surface area (Å²) in [5, 5.41) is 85.7. The third kappa shape index (κ3) is 30.5. The molecule has 0 radical (unpaired) electrons. The van der Waals surface area contributed by atoms with Gasteiger partial charge in [-0.05, 0) is 12.8 Å². The fourth-order valence-electron chi connectivity index (χ4n) is 8.90. The number of rotatable bonds is 45. The Balaban J connectivity index is 2.48. The van der Waals surface area contributed by atoms with E-state index in [2.05, 4.69) is 19.2 Å². The van der Waals surface area contributed by atoms with Gasteiger partial charge < -0.3 is 51.1 Å². The number of aliphatic hydroxyl groups is 8. The summed E-state index contributed by atoms with van der Waals surface area (Å²) in [6.45, 7) is 3.61. The van der Waals surface area contributed by atoms with Gasteiger partial charge in [0.25, 0.3) is 0 Å². The van der Waals surface area contributed by atoms with Crippen LogP contribution in [0, 0.1) is 0 Å². The molecule has 1 amide bonds. The normalized spacial score (nSPS) is 22.9. The van der Waals surface area contributed by atoms with Crippen LogP contribution in [0.5, 0.6) is 0 Å². The number of phosphoric ester groups is 1. The number of carbonyl (C=O) groups is 1. The molecule has 11 atom stereocenters. The van der Waals surface area contributed by atoms with Gasteiger partial charge in [-0.3, -0.25) is 13.8 Å². The second kappa shape index (κ2) is 40.0. The highest BCUT2D eigenvalue weighted by molar-refractivity contribution is 7.47. The summed E-state index contributed by atoms with van der Waals surface area (Å²) in [4.78, 5) is 23.6. The molecular formula is C50H100NO13P. The van der Waals surface area contributed by atoms with Crippen LogP contribution in [0.15, 0.2) is 0 Å². The SMILES string of the molecule is CCCCCCCCCCCCCCCCCCCCCCC(O)C(=O)N[C@@H](COP(=O)(O)OC1[C@H](O)[C@H](O)C(O)[C@H](O)[C@H]1O)[C@H](O)C(O)CCCCCCCCCCCCCCCC. The monoisotopic (exact) mass is 954 g/mol. The molecule has 15 heteroatoms. The van der Waals surface area contributed by atoms with Crippen molar-refractivity contribution in [3.8, 4) is 0 Å². The lowest BCUT2D eigenvalue weighted by molar-refractivity contribution is -0.220. The lowest BCUT2D eigenvalue weighted by Gasteiger charge is -2.41. The second-order valence-electron chi connectivity index (χ2n) is 19.4.